The van der Waals surface area contributed by atoms with Crippen molar-refractivity contribution in [3.05, 3.63) is 59.2 Å². The number of rotatable bonds is 5. The zero-order valence-electron chi connectivity index (χ0n) is 18.2. The zero-order valence-corrected chi connectivity index (χ0v) is 18.2. The monoisotopic (exact) mass is 438 g/mol. The van der Waals surface area contributed by atoms with Crippen molar-refractivity contribution in [3.63, 3.8) is 0 Å². The van der Waals surface area contributed by atoms with Crippen LogP contribution in [0.1, 0.15) is 27.9 Å². The Balaban J connectivity index is 1.70. The normalized spacial score (nSPS) is 15.5. The molecule has 32 heavy (non-hydrogen) atoms. The minimum Gasteiger partial charge on any atom is -0.465 e. The number of anilines is 2. The number of benzene rings is 2. The number of esters is 1. The number of carbonyl (C=O) groups is 4. The van der Waals surface area contributed by atoms with Crippen molar-refractivity contribution < 1.29 is 23.9 Å². The van der Waals surface area contributed by atoms with Gasteiger partial charge in [-0.2, -0.15) is 0 Å². The van der Waals surface area contributed by atoms with Crippen molar-refractivity contribution in [3.8, 4) is 0 Å². The molecule has 1 atom stereocenters. The van der Waals surface area contributed by atoms with Gasteiger partial charge in [-0.05, 0) is 55.3 Å². The number of amides is 4. The molecular formula is C23H26N4O5. The van der Waals surface area contributed by atoms with Crippen molar-refractivity contribution in [2.75, 3.05) is 30.8 Å². The number of hydrogen-bond acceptors (Lipinski definition) is 5. The molecule has 3 N–H and O–H groups in total. The van der Waals surface area contributed by atoms with Crippen LogP contribution in [-0.2, 0) is 14.3 Å². The summed E-state index contributed by atoms with van der Waals surface area (Å²) in [6.45, 7) is 4.44. The first-order chi connectivity index (χ1) is 15.3. The second-order valence-corrected chi connectivity index (χ2v) is 7.63. The second-order valence-electron chi connectivity index (χ2n) is 7.63. The van der Waals surface area contributed by atoms with Crippen LogP contribution < -0.4 is 16.0 Å². The fraction of sp³-hybridized carbons (Fsp3) is 0.304. The standard InChI is InChI=1S/C23H26N4O5/c1-14-9-15(2)11-18(10-14)26-23(31)27-8-7-24-21(29)19(27)13-20(28)25-17-6-4-5-16(12-17)22(30)32-3/h4-6,9-12,19H,7-8,13H2,1-3H3,(H,24,29)(H,25,28)(H,26,31)/t19-/m1/s1. The molecule has 0 aliphatic carbocycles. The predicted molar refractivity (Wildman–Crippen MR) is 119 cm³/mol. The lowest BCUT2D eigenvalue weighted by molar-refractivity contribution is -0.130. The molecule has 1 aliphatic rings. The number of nitrogens with one attached hydrogen (secondary N) is 3. The molecule has 0 bridgehead atoms. The van der Waals surface area contributed by atoms with Gasteiger partial charge in [0.05, 0.1) is 19.1 Å². The Bertz CT molecular complexity index is 1030. The highest BCUT2D eigenvalue weighted by Gasteiger charge is 2.35. The molecule has 0 saturated carbocycles. The molecule has 0 spiro atoms. The first-order valence-electron chi connectivity index (χ1n) is 10.2. The second kappa shape index (κ2) is 9.95. The Hall–Kier alpha value is -3.88. The van der Waals surface area contributed by atoms with Crippen molar-refractivity contribution in [2.45, 2.75) is 26.3 Å². The average Bonchev–Trinajstić information content (AvgIpc) is 2.74. The van der Waals surface area contributed by atoms with Gasteiger partial charge in [-0.3, -0.25) is 9.59 Å². The van der Waals surface area contributed by atoms with Crippen LogP contribution in [0.4, 0.5) is 16.2 Å². The number of piperazine rings is 1. The summed E-state index contributed by atoms with van der Waals surface area (Å²) in [5.74, 6) is -1.38. The van der Waals surface area contributed by atoms with Gasteiger partial charge in [0.15, 0.2) is 0 Å². The number of aryl methyl sites for hydroxylation is 2. The van der Waals surface area contributed by atoms with E-state index in [2.05, 4.69) is 20.7 Å². The number of hydrogen-bond donors (Lipinski definition) is 3. The summed E-state index contributed by atoms with van der Waals surface area (Å²) in [6, 6.07) is 10.5. The lowest BCUT2D eigenvalue weighted by atomic mass is 10.1. The topological polar surface area (TPSA) is 117 Å². The van der Waals surface area contributed by atoms with Crippen LogP contribution in [-0.4, -0.2) is 55.0 Å². The van der Waals surface area contributed by atoms with E-state index in [0.29, 0.717) is 17.9 Å². The molecule has 0 aromatic heterocycles. The number of urea groups is 1. The van der Waals surface area contributed by atoms with Crippen molar-refractivity contribution in [2.24, 2.45) is 0 Å². The quantitative estimate of drug-likeness (QED) is 0.620. The molecule has 4 amide bonds. The smallest absolute Gasteiger partial charge is 0.337 e. The van der Waals surface area contributed by atoms with E-state index >= 15 is 0 Å². The molecule has 0 unspecified atom stereocenters. The molecule has 9 heteroatoms. The lowest BCUT2D eigenvalue weighted by Crippen LogP contribution is -2.59. The fourth-order valence-electron chi connectivity index (χ4n) is 3.63. The molecule has 1 saturated heterocycles. The van der Waals surface area contributed by atoms with Gasteiger partial charge in [0.2, 0.25) is 11.8 Å². The maximum absolute atomic E-state index is 12.9. The maximum Gasteiger partial charge on any atom is 0.337 e. The number of ether oxygens (including phenoxy) is 1. The molecule has 1 fully saturated rings. The van der Waals surface area contributed by atoms with E-state index in [0.717, 1.165) is 11.1 Å². The number of methoxy groups -OCH3 is 1. The Kier molecular flexibility index (Phi) is 7.09. The van der Waals surface area contributed by atoms with Gasteiger partial charge in [-0.15, -0.1) is 0 Å². The summed E-state index contributed by atoms with van der Waals surface area (Å²) in [5, 5.41) is 8.18. The summed E-state index contributed by atoms with van der Waals surface area (Å²) in [6.07, 6.45) is -0.228. The first-order valence-corrected chi connectivity index (χ1v) is 10.2. The minimum atomic E-state index is -0.960. The third-order valence-electron chi connectivity index (χ3n) is 5.01. The van der Waals surface area contributed by atoms with Gasteiger partial charge in [0.25, 0.3) is 0 Å². The van der Waals surface area contributed by atoms with Crippen LogP contribution in [0, 0.1) is 13.8 Å². The third-order valence-corrected chi connectivity index (χ3v) is 5.01. The van der Waals surface area contributed by atoms with Crippen LogP contribution in [0.25, 0.3) is 0 Å². The maximum atomic E-state index is 12.9. The largest absolute Gasteiger partial charge is 0.465 e. The van der Waals surface area contributed by atoms with Crippen molar-refractivity contribution >= 4 is 35.2 Å². The van der Waals surface area contributed by atoms with E-state index in [1.807, 2.05) is 32.0 Å². The Morgan fingerprint density at radius 2 is 1.78 bits per heavy atom. The number of carbonyl (C=O) groups excluding carboxylic acids is 4. The molecule has 3 rings (SSSR count). The van der Waals surface area contributed by atoms with Gasteiger partial charge in [0.1, 0.15) is 6.04 Å². The molecule has 168 valence electrons. The van der Waals surface area contributed by atoms with Crippen molar-refractivity contribution in [1.82, 2.24) is 10.2 Å². The van der Waals surface area contributed by atoms with E-state index in [4.69, 9.17) is 0 Å². The SMILES string of the molecule is COC(=O)c1cccc(NC(=O)C[C@@H]2C(=O)NCCN2C(=O)Nc2cc(C)cc(C)c2)c1. The van der Waals surface area contributed by atoms with Crippen LogP contribution in [0.5, 0.6) is 0 Å². The van der Waals surface area contributed by atoms with Gasteiger partial charge >= 0.3 is 12.0 Å². The van der Waals surface area contributed by atoms with E-state index in [9.17, 15) is 19.2 Å². The van der Waals surface area contributed by atoms with Crippen LogP contribution in [0.3, 0.4) is 0 Å². The van der Waals surface area contributed by atoms with Crippen LogP contribution in [0.15, 0.2) is 42.5 Å². The first kappa shape index (κ1) is 22.8. The van der Waals surface area contributed by atoms with Gasteiger partial charge < -0.3 is 25.6 Å². The Morgan fingerprint density at radius 3 is 2.47 bits per heavy atom. The fourth-order valence-corrected chi connectivity index (χ4v) is 3.63. The van der Waals surface area contributed by atoms with Crippen LogP contribution in [0.2, 0.25) is 0 Å². The lowest BCUT2D eigenvalue weighted by Gasteiger charge is -2.34. The zero-order chi connectivity index (χ0) is 23.3. The number of nitrogens with zero attached hydrogens (tertiary/aromatic N) is 1. The molecule has 9 nitrogen and oxygen atoms in total. The molecule has 2 aromatic rings. The van der Waals surface area contributed by atoms with E-state index in [1.165, 1.54) is 18.1 Å². The van der Waals surface area contributed by atoms with Gasteiger partial charge in [0, 0.05) is 24.5 Å². The van der Waals surface area contributed by atoms with Gasteiger partial charge in [-0.25, -0.2) is 9.59 Å². The predicted octanol–water partition coefficient (Wildman–Crippen LogP) is 2.45. The van der Waals surface area contributed by atoms with E-state index in [-0.39, 0.29) is 18.5 Å². The van der Waals surface area contributed by atoms with Gasteiger partial charge in [-0.1, -0.05) is 12.1 Å². The minimum absolute atomic E-state index is 0.228. The Labute approximate surface area is 186 Å². The van der Waals surface area contributed by atoms with Crippen LogP contribution >= 0.6 is 0 Å². The summed E-state index contributed by atoms with van der Waals surface area (Å²) in [7, 11) is 1.27. The summed E-state index contributed by atoms with van der Waals surface area (Å²) in [4.78, 5) is 51.0. The third kappa shape index (κ3) is 5.63. The summed E-state index contributed by atoms with van der Waals surface area (Å²) in [5.41, 5.74) is 3.31. The summed E-state index contributed by atoms with van der Waals surface area (Å²) >= 11 is 0. The molecule has 2 aromatic carbocycles. The Morgan fingerprint density at radius 1 is 1.06 bits per heavy atom. The summed E-state index contributed by atoms with van der Waals surface area (Å²) < 4.78 is 4.68. The van der Waals surface area contributed by atoms with E-state index in [1.54, 1.807) is 18.2 Å². The molecule has 1 aliphatic heterocycles. The highest BCUT2D eigenvalue weighted by Crippen LogP contribution is 2.18. The molecular weight excluding hydrogens is 412 g/mol. The highest BCUT2D eigenvalue weighted by molar-refractivity contribution is 6.00. The average molecular weight is 438 g/mol. The molecule has 1 heterocycles. The van der Waals surface area contributed by atoms with Crippen molar-refractivity contribution in [1.29, 1.82) is 0 Å². The van der Waals surface area contributed by atoms with E-state index < -0.39 is 29.9 Å². The molecule has 0 radical (unpaired) electrons. The highest BCUT2D eigenvalue weighted by atomic mass is 16.5.